The monoisotopic (exact) mass is 215 g/mol. The van der Waals surface area contributed by atoms with Crippen LogP contribution in [0.25, 0.3) is 0 Å². The minimum atomic E-state index is -0.576. The van der Waals surface area contributed by atoms with E-state index in [2.05, 4.69) is 4.90 Å². The molecule has 1 aliphatic rings. The number of hydrogen-bond acceptors (Lipinski definition) is 3. The zero-order valence-electron chi connectivity index (χ0n) is 10.3. The Balaban J connectivity index is 2.51. The zero-order valence-corrected chi connectivity index (χ0v) is 10.3. The van der Waals surface area contributed by atoms with Gasteiger partial charge in [0.2, 0.25) is 0 Å². The van der Waals surface area contributed by atoms with Gasteiger partial charge in [-0.1, -0.05) is 13.8 Å². The van der Waals surface area contributed by atoms with E-state index in [0.29, 0.717) is 13.1 Å². The van der Waals surface area contributed by atoms with Crippen LogP contribution >= 0.6 is 0 Å². The van der Waals surface area contributed by atoms with Crippen molar-refractivity contribution in [1.29, 1.82) is 0 Å². The number of aliphatic hydroxyl groups is 2. The number of piperidine rings is 1. The molecule has 0 amide bonds. The molecule has 0 saturated carbocycles. The van der Waals surface area contributed by atoms with Crippen LogP contribution in [0.4, 0.5) is 0 Å². The van der Waals surface area contributed by atoms with Crippen molar-refractivity contribution in [3.05, 3.63) is 0 Å². The molecular formula is C12H25NO2. The van der Waals surface area contributed by atoms with E-state index in [1.165, 1.54) is 0 Å². The van der Waals surface area contributed by atoms with Gasteiger partial charge in [-0.15, -0.1) is 0 Å². The zero-order chi connectivity index (χ0) is 11.5. The van der Waals surface area contributed by atoms with Crippen molar-refractivity contribution >= 4 is 0 Å². The number of rotatable bonds is 4. The molecule has 1 saturated heterocycles. The van der Waals surface area contributed by atoms with Crippen molar-refractivity contribution in [2.24, 2.45) is 0 Å². The number of β-amino-alcohol motifs (C(OH)–C–C–N with tert-alkyl or cyclic N) is 2. The van der Waals surface area contributed by atoms with Crippen molar-refractivity contribution in [3.8, 4) is 0 Å². The Labute approximate surface area is 93.1 Å². The maximum Gasteiger partial charge on any atom is 0.0768 e. The summed E-state index contributed by atoms with van der Waals surface area (Å²) in [6.45, 7) is 8.30. The van der Waals surface area contributed by atoms with Crippen LogP contribution in [0.15, 0.2) is 0 Å². The standard InChI is InChI=1S/C12H25NO2/c1-4-12(15,5-2)10-13-8-6-7-11(3,14)9-13/h14-15H,4-10H2,1-3H3. The molecule has 0 aromatic rings. The summed E-state index contributed by atoms with van der Waals surface area (Å²) in [5, 5.41) is 20.2. The Morgan fingerprint density at radius 1 is 1.33 bits per heavy atom. The van der Waals surface area contributed by atoms with E-state index in [1.54, 1.807) is 0 Å². The van der Waals surface area contributed by atoms with Crippen LogP contribution in [0.2, 0.25) is 0 Å². The van der Waals surface area contributed by atoms with Crippen LogP contribution in [-0.2, 0) is 0 Å². The maximum absolute atomic E-state index is 10.2. The van der Waals surface area contributed by atoms with Crippen LogP contribution in [0.3, 0.4) is 0 Å². The second-order valence-corrected chi connectivity index (χ2v) is 5.24. The molecule has 90 valence electrons. The number of nitrogens with zero attached hydrogens (tertiary/aromatic N) is 1. The third kappa shape index (κ3) is 3.74. The van der Waals surface area contributed by atoms with Crippen molar-refractivity contribution in [2.75, 3.05) is 19.6 Å². The van der Waals surface area contributed by atoms with Gasteiger partial charge in [0.25, 0.3) is 0 Å². The summed E-state index contributed by atoms with van der Waals surface area (Å²) >= 11 is 0. The van der Waals surface area contributed by atoms with Gasteiger partial charge >= 0.3 is 0 Å². The Kier molecular flexibility index (Phi) is 4.15. The van der Waals surface area contributed by atoms with Gasteiger partial charge < -0.3 is 10.2 Å². The molecule has 3 nitrogen and oxygen atoms in total. The van der Waals surface area contributed by atoms with Crippen molar-refractivity contribution in [3.63, 3.8) is 0 Å². The minimum absolute atomic E-state index is 0.569. The lowest BCUT2D eigenvalue weighted by Crippen LogP contribution is -2.51. The van der Waals surface area contributed by atoms with Crippen LogP contribution in [0, 0.1) is 0 Å². The first-order valence-electron chi connectivity index (χ1n) is 6.08. The second kappa shape index (κ2) is 4.81. The maximum atomic E-state index is 10.2. The molecule has 2 N–H and O–H groups in total. The quantitative estimate of drug-likeness (QED) is 0.744. The Bertz CT molecular complexity index is 200. The molecule has 1 atom stereocenters. The highest BCUT2D eigenvalue weighted by molar-refractivity contribution is 4.87. The van der Waals surface area contributed by atoms with Gasteiger partial charge in [0.15, 0.2) is 0 Å². The summed E-state index contributed by atoms with van der Waals surface area (Å²) in [6, 6.07) is 0. The van der Waals surface area contributed by atoms with Crippen molar-refractivity contribution < 1.29 is 10.2 Å². The highest BCUT2D eigenvalue weighted by Crippen LogP contribution is 2.24. The van der Waals surface area contributed by atoms with E-state index < -0.39 is 11.2 Å². The Morgan fingerprint density at radius 3 is 2.40 bits per heavy atom. The molecule has 0 spiro atoms. The average Bonchev–Trinajstić information content (AvgIpc) is 2.16. The smallest absolute Gasteiger partial charge is 0.0768 e. The molecule has 0 bridgehead atoms. The molecule has 1 aliphatic heterocycles. The largest absolute Gasteiger partial charge is 0.389 e. The van der Waals surface area contributed by atoms with Gasteiger partial charge in [0.05, 0.1) is 11.2 Å². The van der Waals surface area contributed by atoms with Crippen molar-refractivity contribution in [2.45, 2.75) is 57.7 Å². The highest BCUT2D eigenvalue weighted by atomic mass is 16.3. The summed E-state index contributed by atoms with van der Waals surface area (Å²) in [5.74, 6) is 0. The first-order valence-corrected chi connectivity index (χ1v) is 6.08. The molecule has 1 fully saturated rings. The SMILES string of the molecule is CCC(O)(CC)CN1CCCC(C)(O)C1. The van der Waals surface area contributed by atoms with Crippen molar-refractivity contribution in [1.82, 2.24) is 4.90 Å². The fourth-order valence-corrected chi connectivity index (χ4v) is 2.35. The molecule has 1 unspecified atom stereocenters. The van der Waals surface area contributed by atoms with Crippen LogP contribution in [0.1, 0.15) is 46.5 Å². The Hall–Kier alpha value is -0.120. The molecule has 1 rings (SSSR count). The summed E-state index contributed by atoms with van der Waals surface area (Å²) in [6.07, 6.45) is 3.46. The van der Waals surface area contributed by atoms with Gasteiger partial charge in [-0.05, 0) is 39.2 Å². The van der Waals surface area contributed by atoms with Gasteiger partial charge in [-0.2, -0.15) is 0 Å². The van der Waals surface area contributed by atoms with Gasteiger partial charge in [0.1, 0.15) is 0 Å². The lowest BCUT2D eigenvalue weighted by molar-refractivity contribution is -0.0570. The summed E-state index contributed by atoms with van der Waals surface area (Å²) < 4.78 is 0. The lowest BCUT2D eigenvalue weighted by atomic mass is 9.91. The van der Waals surface area contributed by atoms with E-state index in [-0.39, 0.29) is 0 Å². The van der Waals surface area contributed by atoms with E-state index in [1.807, 2.05) is 20.8 Å². The fraction of sp³-hybridized carbons (Fsp3) is 1.00. The van der Waals surface area contributed by atoms with E-state index in [0.717, 1.165) is 32.2 Å². The molecule has 0 aromatic heterocycles. The van der Waals surface area contributed by atoms with E-state index >= 15 is 0 Å². The van der Waals surface area contributed by atoms with E-state index in [4.69, 9.17) is 0 Å². The average molecular weight is 215 g/mol. The fourth-order valence-electron chi connectivity index (χ4n) is 2.35. The third-order valence-corrected chi connectivity index (χ3v) is 3.59. The molecular weight excluding hydrogens is 190 g/mol. The normalized spacial score (nSPS) is 29.4. The first kappa shape index (κ1) is 12.9. The van der Waals surface area contributed by atoms with Crippen LogP contribution in [-0.4, -0.2) is 45.9 Å². The molecule has 0 radical (unpaired) electrons. The highest BCUT2D eigenvalue weighted by Gasteiger charge is 2.32. The number of likely N-dealkylation sites (tertiary alicyclic amines) is 1. The first-order chi connectivity index (χ1) is 6.91. The molecule has 0 aliphatic carbocycles. The third-order valence-electron chi connectivity index (χ3n) is 3.59. The predicted molar refractivity (Wildman–Crippen MR) is 61.8 cm³/mol. The molecule has 0 aromatic carbocycles. The van der Waals surface area contributed by atoms with Crippen LogP contribution < -0.4 is 0 Å². The molecule has 1 heterocycles. The molecule has 15 heavy (non-hydrogen) atoms. The summed E-state index contributed by atoms with van der Waals surface area (Å²) in [4.78, 5) is 2.19. The Morgan fingerprint density at radius 2 is 1.93 bits per heavy atom. The second-order valence-electron chi connectivity index (χ2n) is 5.24. The lowest BCUT2D eigenvalue weighted by Gasteiger charge is -2.40. The van der Waals surface area contributed by atoms with E-state index in [9.17, 15) is 10.2 Å². The van der Waals surface area contributed by atoms with Gasteiger partial charge in [-0.3, -0.25) is 4.90 Å². The summed E-state index contributed by atoms with van der Waals surface area (Å²) in [5.41, 5.74) is -1.14. The summed E-state index contributed by atoms with van der Waals surface area (Å²) in [7, 11) is 0. The minimum Gasteiger partial charge on any atom is -0.389 e. The predicted octanol–water partition coefficient (Wildman–Crippen LogP) is 1.38. The van der Waals surface area contributed by atoms with Gasteiger partial charge in [-0.25, -0.2) is 0 Å². The topological polar surface area (TPSA) is 43.7 Å². The number of hydrogen-bond donors (Lipinski definition) is 2. The van der Waals surface area contributed by atoms with Crippen LogP contribution in [0.5, 0.6) is 0 Å². The van der Waals surface area contributed by atoms with Gasteiger partial charge in [0, 0.05) is 13.1 Å². The molecule has 3 heteroatoms.